The van der Waals surface area contributed by atoms with Crippen molar-refractivity contribution >= 4 is 9.84 Å². The molecule has 10 heteroatoms. The second-order valence-electron chi connectivity index (χ2n) is 6.03. The van der Waals surface area contributed by atoms with E-state index in [2.05, 4.69) is 0 Å². The van der Waals surface area contributed by atoms with E-state index >= 15 is 0 Å². The predicted octanol–water partition coefficient (Wildman–Crippen LogP) is 2.47. The maximum absolute atomic E-state index is 14.0. The molecule has 1 aliphatic heterocycles. The highest BCUT2D eigenvalue weighted by atomic mass is 32.2. The van der Waals surface area contributed by atoms with Crippen molar-refractivity contribution in [2.45, 2.75) is 48.0 Å². The standard InChI is InChI=1S/C15H16F4O5S/c16-14(17)25(21,22)11-2-1-10(24-8-3-5-23-6-4-8)9-7-15(18,19)13(20)12(9)11/h1-2,8,13-14,20H,3-7H2/t13-/m1/s1. The van der Waals surface area contributed by atoms with Crippen LogP contribution in [0.1, 0.15) is 30.1 Å². The van der Waals surface area contributed by atoms with E-state index in [1.54, 1.807) is 0 Å². The fraction of sp³-hybridized carbons (Fsp3) is 0.600. The number of halogens is 4. The minimum atomic E-state index is -5.14. The molecule has 1 atom stereocenters. The van der Waals surface area contributed by atoms with Gasteiger partial charge in [-0.3, -0.25) is 0 Å². The van der Waals surface area contributed by atoms with Crippen LogP contribution in [0.25, 0.3) is 0 Å². The molecule has 0 aromatic heterocycles. The SMILES string of the molecule is O=S(=O)(c1ccc(OC2CCOCC2)c2c1[C@@H](O)C(F)(F)C2)C(F)F. The van der Waals surface area contributed by atoms with Crippen molar-refractivity contribution in [3.63, 3.8) is 0 Å². The molecule has 25 heavy (non-hydrogen) atoms. The molecular formula is C15H16F4O5S. The number of fused-ring (bicyclic) bond motifs is 1. The summed E-state index contributed by atoms with van der Waals surface area (Å²) < 4.78 is 88.0. The highest BCUT2D eigenvalue weighted by molar-refractivity contribution is 7.91. The molecule has 1 fully saturated rings. The summed E-state index contributed by atoms with van der Waals surface area (Å²) in [5, 5.41) is 9.83. The molecule has 1 saturated heterocycles. The van der Waals surface area contributed by atoms with Crippen molar-refractivity contribution in [1.29, 1.82) is 0 Å². The van der Waals surface area contributed by atoms with E-state index in [4.69, 9.17) is 9.47 Å². The molecule has 140 valence electrons. The zero-order valence-electron chi connectivity index (χ0n) is 12.9. The number of ether oxygens (including phenoxy) is 2. The Labute approximate surface area is 141 Å². The summed E-state index contributed by atoms with van der Waals surface area (Å²) >= 11 is 0. The summed E-state index contributed by atoms with van der Waals surface area (Å²) in [5.74, 6) is -7.46. The fourth-order valence-corrected chi connectivity index (χ4v) is 4.07. The number of rotatable bonds is 4. The molecule has 0 amide bonds. The van der Waals surface area contributed by atoms with Gasteiger partial charge in [-0.05, 0) is 12.1 Å². The van der Waals surface area contributed by atoms with Crippen molar-refractivity contribution in [1.82, 2.24) is 0 Å². The molecule has 0 saturated carbocycles. The molecule has 0 unspecified atom stereocenters. The number of aliphatic hydroxyl groups excluding tert-OH is 1. The first kappa shape index (κ1) is 18.4. The minimum absolute atomic E-state index is 0.0219. The average Bonchev–Trinajstić information content (AvgIpc) is 2.79. The van der Waals surface area contributed by atoms with Crippen LogP contribution < -0.4 is 4.74 Å². The Hall–Kier alpha value is -1.39. The lowest BCUT2D eigenvalue weighted by Crippen LogP contribution is -2.26. The lowest BCUT2D eigenvalue weighted by Gasteiger charge is -2.25. The monoisotopic (exact) mass is 384 g/mol. The zero-order valence-corrected chi connectivity index (χ0v) is 13.7. The van der Waals surface area contributed by atoms with Crippen LogP contribution in [0.5, 0.6) is 5.75 Å². The Balaban J connectivity index is 2.07. The van der Waals surface area contributed by atoms with Gasteiger partial charge in [-0.25, -0.2) is 17.2 Å². The number of benzene rings is 1. The maximum Gasteiger partial charge on any atom is 0.341 e. The number of hydrogen-bond acceptors (Lipinski definition) is 5. The Morgan fingerprint density at radius 2 is 1.88 bits per heavy atom. The zero-order chi connectivity index (χ0) is 18.4. The van der Waals surface area contributed by atoms with Gasteiger partial charge in [-0.2, -0.15) is 8.78 Å². The summed E-state index contributed by atoms with van der Waals surface area (Å²) in [6, 6.07) is 1.89. The molecule has 1 aromatic carbocycles. The van der Waals surface area contributed by atoms with Crippen molar-refractivity contribution in [2.75, 3.05) is 13.2 Å². The van der Waals surface area contributed by atoms with E-state index in [0.717, 1.165) is 12.1 Å². The third-order valence-electron chi connectivity index (χ3n) is 4.36. The molecule has 1 aromatic rings. The summed E-state index contributed by atoms with van der Waals surface area (Å²) in [4.78, 5) is -0.985. The second-order valence-corrected chi connectivity index (χ2v) is 7.92. The molecule has 0 bridgehead atoms. The van der Waals surface area contributed by atoms with E-state index in [9.17, 15) is 31.1 Å². The normalized spacial score (nSPS) is 23.7. The molecular weight excluding hydrogens is 368 g/mol. The van der Waals surface area contributed by atoms with Crippen molar-refractivity contribution in [2.24, 2.45) is 0 Å². The number of aliphatic hydroxyl groups is 1. The fourth-order valence-electron chi connectivity index (χ4n) is 3.08. The van der Waals surface area contributed by atoms with Crippen LogP contribution in [0, 0.1) is 0 Å². The first-order valence-electron chi connectivity index (χ1n) is 7.62. The van der Waals surface area contributed by atoms with E-state index in [-0.39, 0.29) is 17.4 Å². The number of sulfone groups is 1. The van der Waals surface area contributed by atoms with Gasteiger partial charge >= 0.3 is 5.76 Å². The molecule has 0 spiro atoms. The highest BCUT2D eigenvalue weighted by Gasteiger charge is 2.51. The van der Waals surface area contributed by atoms with Crippen LogP contribution in [0.15, 0.2) is 17.0 Å². The number of hydrogen-bond donors (Lipinski definition) is 1. The smallest absolute Gasteiger partial charge is 0.341 e. The first-order chi connectivity index (χ1) is 11.6. The van der Waals surface area contributed by atoms with Crippen LogP contribution >= 0.6 is 0 Å². The largest absolute Gasteiger partial charge is 0.490 e. The Morgan fingerprint density at radius 1 is 1.24 bits per heavy atom. The van der Waals surface area contributed by atoms with E-state index < -0.39 is 44.5 Å². The predicted molar refractivity (Wildman–Crippen MR) is 77.7 cm³/mol. The van der Waals surface area contributed by atoms with Gasteiger partial charge in [0.1, 0.15) is 18.0 Å². The lowest BCUT2D eigenvalue weighted by atomic mass is 10.1. The van der Waals surface area contributed by atoms with Crippen molar-refractivity contribution in [3.05, 3.63) is 23.3 Å². The summed E-state index contributed by atoms with van der Waals surface area (Å²) in [6.45, 7) is 0.868. The molecule has 1 N–H and O–H groups in total. The van der Waals surface area contributed by atoms with Gasteiger partial charge in [-0.1, -0.05) is 0 Å². The molecule has 1 heterocycles. The summed E-state index contributed by atoms with van der Waals surface area (Å²) in [5.41, 5.74) is -0.944. The van der Waals surface area contributed by atoms with Gasteiger partial charge in [0.25, 0.3) is 5.92 Å². The van der Waals surface area contributed by atoms with Crippen molar-refractivity contribution < 1.29 is 40.6 Å². The Kier molecular flexibility index (Phi) is 4.71. The number of alkyl halides is 4. The quantitative estimate of drug-likeness (QED) is 0.808. The summed E-state index contributed by atoms with van der Waals surface area (Å²) in [6.07, 6.45) is -2.74. The van der Waals surface area contributed by atoms with E-state index in [1.807, 2.05) is 0 Å². The van der Waals surface area contributed by atoms with Crippen LogP contribution in [0.4, 0.5) is 17.6 Å². The third kappa shape index (κ3) is 3.22. The van der Waals surface area contributed by atoms with Crippen LogP contribution in [0.3, 0.4) is 0 Å². The van der Waals surface area contributed by atoms with Gasteiger partial charge < -0.3 is 14.6 Å². The van der Waals surface area contributed by atoms with Gasteiger partial charge in [-0.15, -0.1) is 0 Å². The molecule has 2 aliphatic rings. The molecule has 5 nitrogen and oxygen atoms in total. The van der Waals surface area contributed by atoms with Crippen LogP contribution in [-0.4, -0.2) is 44.5 Å². The van der Waals surface area contributed by atoms with Gasteiger partial charge in [0.05, 0.1) is 18.1 Å². The van der Waals surface area contributed by atoms with Gasteiger partial charge in [0.15, 0.2) is 0 Å². The Bertz CT molecular complexity index is 759. The topological polar surface area (TPSA) is 72.8 Å². The third-order valence-corrected chi connectivity index (χ3v) is 5.80. The lowest BCUT2D eigenvalue weighted by molar-refractivity contribution is -0.0977. The molecule has 0 radical (unpaired) electrons. The maximum atomic E-state index is 14.0. The minimum Gasteiger partial charge on any atom is -0.490 e. The first-order valence-corrected chi connectivity index (χ1v) is 9.17. The van der Waals surface area contributed by atoms with Gasteiger partial charge in [0.2, 0.25) is 9.84 Å². The summed E-state index contributed by atoms with van der Waals surface area (Å²) in [7, 11) is -5.14. The van der Waals surface area contributed by atoms with Crippen molar-refractivity contribution in [3.8, 4) is 5.75 Å². The highest BCUT2D eigenvalue weighted by Crippen LogP contribution is 2.49. The van der Waals surface area contributed by atoms with E-state index in [1.165, 1.54) is 0 Å². The second kappa shape index (κ2) is 6.40. The Morgan fingerprint density at radius 3 is 2.48 bits per heavy atom. The van der Waals surface area contributed by atoms with Gasteiger partial charge in [0, 0.05) is 30.4 Å². The average molecular weight is 384 g/mol. The van der Waals surface area contributed by atoms with E-state index in [0.29, 0.717) is 26.1 Å². The molecule has 1 aliphatic carbocycles. The van der Waals surface area contributed by atoms with Crippen LogP contribution in [-0.2, 0) is 21.0 Å². The van der Waals surface area contributed by atoms with Crippen LogP contribution in [0.2, 0.25) is 0 Å². The molecule has 3 rings (SSSR count).